The van der Waals surface area contributed by atoms with Gasteiger partial charge in [0.05, 0.1) is 6.10 Å². The van der Waals surface area contributed by atoms with Crippen molar-refractivity contribution < 1.29 is 5.11 Å². The van der Waals surface area contributed by atoms with Crippen molar-refractivity contribution in [1.29, 1.82) is 0 Å². The lowest BCUT2D eigenvalue weighted by atomic mass is 9.97. The third-order valence-corrected chi connectivity index (χ3v) is 4.78. The minimum atomic E-state index is -0.0534. The molecule has 3 rings (SSSR count). The van der Waals surface area contributed by atoms with Gasteiger partial charge in [-0.2, -0.15) is 0 Å². The Bertz CT molecular complexity index is 232. The van der Waals surface area contributed by atoms with Crippen molar-refractivity contribution in [2.75, 3.05) is 20.1 Å². The summed E-state index contributed by atoms with van der Waals surface area (Å²) in [5.74, 6) is 0. The molecule has 0 spiro atoms. The molecular formula is C12H22N2O. The summed E-state index contributed by atoms with van der Waals surface area (Å²) in [5, 5.41) is 9.58. The van der Waals surface area contributed by atoms with Crippen molar-refractivity contribution in [2.45, 2.75) is 56.3 Å². The smallest absolute Gasteiger partial charge is 0.0679 e. The number of hydrogen-bond donors (Lipinski definition) is 1. The minimum Gasteiger partial charge on any atom is -0.392 e. The highest BCUT2D eigenvalue weighted by molar-refractivity contribution is 4.98. The molecule has 1 N–H and O–H groups in total. The summed E-state index contributed by atoms with van der Waals surface area (Å²) in [6, 6.07) is 2.41. The van der Waals surface area contributed by atoms with E-state index >= 15 is 0 Å². The zero-order chi connectivity index (χ0) is 10.4. The third-order valence-electron chi connectivity index (χ3n) is 4.78. The van der Waals surface area contributed by atoms with Gasteiger partial charge in [0, 0.05) is 31.2 Å². The van der Waals surface area contributed by atoms with Crippen LogP contribution in [0.15, 0.2) is 0 Å². The van der Waals surface area contributed by atoms with Crippen molar-refractivity contribution in [2.24, 2.45) is 0 Å². The van der Waals surface area contributed by atoms with Gasteiger partial charge < -0.3 is 10.0 Å². The number of likely N-dealkylation sites (tertiary alicyclic amines) is 1. The fourth-order valence-corrected chi connectivity index (χ4v) is 3.78. The Labute approximate surface area is 92.1 Å². The van der Waals surface area contributed by atoms with Crippen LogP contribution in [0.5, 0.6) is 0 Å². The molecule has 3 heterocycles. The number of aliphatic hydroxyl groups is 1. The monoisotopic (exact) mass is 210 g/mol. The average molecular weight is 210 g/mol. The lowest BCUT2D eigenvalue weighted by Crippen LogP contribution is -2.48. The van der Waals surface area contributed by atoms with Gasteiger partial charge in [-0.25, -0.2) is 0 Å². The van der Waals surface area contributed by atoms with E-state index in [0.717, 1.165) is 37.6 Å². The van der Waals surface area contributed by atoms with E-state index in [4.69, 9.17) is 0 Å². The summed E-state index contributed by atoms with van der Waals surface area (Å²) in [4.78, 5) is 5.12. The number of aliphatic hydroxyl groups excluding tert-OH is 1. The summed E-state index contributed by atoms with van der Waals surface area (Å²) < 4.78 is 0. The Morgan fingerprint density at radius 1 is 1.00 bits per heavy atom. The normalized spacial score (nSPS) is 47.6. The predicted octanol–water partition coefficient (Wildman–Crippen LogP) is 0.678. The molecule has 0 aromatic rings. The van der Waals surface area contributed by atoms with Crippen molar-refractivity contribution in [3.05, 3.63) is 0 Å². The van der Waals surface area contributed by atoms with Crippen LogP contribution in [0.4, 0.5) is 0 Å². The molecule has 15 heavy (non-hydrogen) atoms. The predicted molar refractivity (Wildman–Crippen MR) is 59.8 cm³/mol. The second kappa shape index (κ2) is 3.72. The minimum absolute atomic E-state index is 0.0534. The molecule has 3 fully saturated rings. The van der Waals surface area contributed by atoms with Crippen molar-refractivity contribution in [3.8, 4) is 0 Å². The lowest BCUT2D eigenvalue weighted by Gasteiger charge is -2.40. The summed E-state index contributed by atoms with van der Waals surface area (Å²) in [6.45, 7) is 2.04. The first-order valence-corrected chi connectivity index (χ1v) is 6.38. The van der Waals surface area contributed by atoms with Gasteiger partial charge in [0.25, 0.3) is 0 Å². The van der Waals surface area contributed by atoms with Crippen LogP contribution in [0.1, 0.15) is 32.1 Å². The molecule has 0 radical (unpaired) electrons. The highest BCUT2D eigenvalue weighted by Crippen LogP contribution is 2.37. The quantitative estimate of drug-likeness (QED) is 0.689. The maximum atomic E-state index is 9.58. The van der Waals surface area contributed by atoms with Gasteiger partial charge in [-0.05, 0) is 39.2 Å². The molecule has 3 nitrogen and oxygen atoms in total. The van der Waals surface area contributed by atoms with E-state index in [9.17, 15) is 5.11 Å². The summed E-state index contributed by atoms with van der Waals surface area (Å²) in [5.41, 5.74) is 0. The molecule has 3 aliphatic heterocycles. The molecule has 0 amide bonds. The zero-order valence-electron chi connectivity index (χ0n) is 9.60. The van der Waals surface area contributed by atoms with Crippen LogP contribution in [-0.2, 0) is 0 Å². The highest BCUT2D eigenvalue weighted by atomic mass is 16.3. The maximum absolute atomic E-state index is 9.58. The second-order valence-electron chi connectivity index (χ2n) is 5.61. The van der Waals surface area contributed by atoms with Crippen LogP contribution in [0, 0.1) is 0 Å². The zero-order valence-corrected chi connectivity index (χ0v) is 9.60. The van der Waals surface area contributed by atoms with Crippen LogP contribution in [-0.4, -0.2) is 59.3 Å². The maximum Gasteiger partial charge on any atom is 0.0679 e. The molecule has 3 saturated heterocycles. The number of fused-ring (bicyclic) bond motifs is 2. The Balaban J connectivity index is 1.65. The third kappa shape index (κ3) is 1.71. The van der Waals surface area contributed by atoms with Gasteiger partial charge >= 0.3 is 0 Å². The first-order valence-electron chi connectivity index (χ1n) is 6.38. The van der Waals surface area contributed by atoms with Gasteiger partial charge in [0.2, 0.25) is 0 Å². The number of piperidine rings is 1. The van der Waals surface area contributed by atoms with Crippen LogP contribution >= 0.6 is 0 Å². The fourth-order valence-electron chi connectivity index (χ4n) is 3.78. The van der Waals surface area contributed by atoms with Gasteiger partial charge in [0.15, 0.2) is 0 Å². The Kier molecular flexibility index (Phi) is 2.49. The first kappa shape index (κ1) is 10.1. The van der Waals surface area contributed by atoms with E-state index in [-0.39, 0.29) is 6.10 Å². The van der Waals surface area contributed by atoms with Gasteiger partial charge in [0.1, 0.15) is 0 Å². The molecule has 0 aromatic carbocycles. The van der Waals surface area contributed by atoms with Gasteiger partial charge in [-0.3, -0.25) is 4.90 Å². The largest absolute Gasteiger partial charge is 0.392 e. The highest BCUT2D eigenvalue weighted by Gasteiger charge is 2.41. The molecule has 3 atom stereocenters. The van der Waals surface area contributed by atoms with E-state index in [1.165, 1.54) is 25.7 Å². The average Bonchev–Trinajstić information content (AvgIpc) is 2.70. The van der Waals surface area contributed by atoms with Crippen LogP contribution in [0.25, 0.3) is 0 Å². The molecular weight excluding hydrogens is 188 g/mol. The van der Waals surface area contributed by atoms with Crippen molar-refractivity contribution in [1.82, 2.24) is 9.80 Å². The lowest BCUT2D eigenvalue weighted by molar-refractivity contribution is 0.0791. The van der Waals surface area contributed by atoms with Crippen LogP contribution in [0.2, 0.25) is 0 Å². The van der Waals surface area contributed by atoms with E-state index < -0.39 is 0 Å². The first-order chi connectivity index (χ1) is 7.24. The Hall–Kier alpha value is -0.120. The molecule has 2 bridgehead atoms. The Morgan fingerprint density at radius 3 is 2.20 bits per heavy atom. The SMILES string of the molecule is CN1C2CCC1CC(N1CCC(O)C1)C2. The summed E-state index contributed by atoms with van der Waals surface area (Å²) in [6.07, 6.45) is 6.39. The molecule has 0 aliphatic carbocycles. The summed E-state index contributed by atoms with van der Waals surface area (Å²) >= 11 is 0. The fraction of sp³-hybridized carbons (Fsp3) is 1.00. The standard InChI is InChI=1S/C12H22N2O/c1-13-9-2-3-10(13)7-11(6-9)14-5-4-12(15)8-14/h9-12,15H,2-8H2,1H3. The Morgan fingerprint density at radius 2 is 1.67 bits per heavy atom. The van der Waals surface area contributed by atoms with Gasteiger partial charge in [-0.1, -0.05) is 0 Å². The molecule has 0 saturated carbocycles. The second-order valence-corrected chi connectivity index (χ2v) is 5.61. The topological polar surface area (TPSA) is 26.7 Å². The van der Waals surface area contributed by atoms with Crippen molar-refractivity contribution >= 4 is 0 Å². The number of nitrogens with zero attached hydrogens (tertiary/aromatic N) is 2. The molecule has 3 heteroatoms. The molecule has 3 unspecified atom stereocenters. The van der Waals surface area contributed by atoms with Gasteiger partial charge in [-0.15, -0.1) is 0 Å². The molecule has 86 valence electrons. The van der Waals surface area contributed by atoms with E-state index in [0.29, 0.717) is 0 Å². The van der Waals surface area contributed by atoms with E-state index in [2.05, 4.69) is 16.8 Å². The summed E-state index contributed by atoms with van der Waals surface area (Å²) in [7, 11) is 2.29. The molecule has 0 aromatic heterocycles. The number of β-amino-alcohol motifs (C(OH)–C–C–N with tert-alkyl or cyclic N) is 1. The number of rotatable bonds is 1. The van der Waals surface area contributed by atoms with Crippen LogP contribution in [0.3, 0.4) is 0 Å². The number of hydrogen-bond acceptors (Lipinski definition) is 3. The van der Waals surface area contributed by atoms with Crippen LogP contribution < -0.4 is 0 Å². The van der Waals surface area contributed by atoms with Crippen molar-refractivity contribution in [3.63, 3.8) is 0 Å². The molecule has 3 aliphatic rings. The van der Waals surface area contributed by atoms with E-state index in [1.54, 1.807) is 0 Å². The van der Waals surface area contributed by atoms with E-state index in [1.807, 2.05) is 0 Å².